The molecule has 0 saturated heterocycles. The second-order valence-corrected chi connectivity index (χ2v) is 5.95. The zero-order chi connectivity index (χ0) is 13.7. The Hall–Kier alpha value is -1.03. The Morgan fingerprint density at radius 3 is 2.42 bits per heavy atom. The van der Waals surface area contributed by atoms with E-state index in [4.69, 9.17) is 4.74 Å². The molecule has 1 aromatic rings. The molecule has 0 bridgehead atoms. The molecule has 1 aliphatic rings. The van der Waals surface area contributed by atoms with Gasteiger partial charge in [0.1, 0.15) is 5.54 Å². The van der Waals surface area contributed by atoms with Crippen molar-refractivity contribution in [1.82, 2.24) is 0 Å². The average Bonchev–Trinajstić information content (AvgIpc) is 2.67. The van der Waals surface area contributed by atoms with Crippen LogP contribution < -0.4 is 5.32 Å². The highest BCUT2D eigenvalue weighted by molar-refractivity contribution is 9.10. The van der Waals surface area contributed by atoms with E-state index in [1.807, 2.05) is 24.3 Å². The topological polar surface area (TPSA) is 38.3 Å². The SMILES string of the molecule is COC(=O)C1(Nc2ccccc2Br)CCCCCC1. The molecule has 19 heavy (non-hydrogen) atoms. The summed E-state index contributed by atoms with van der Waals surface area (Å²) in [5.41, 5.74) is 0.379. The van der Waals surface area contributed by atoms with E-state index in [-0.39, 0.29) is 5.97 Å². The third-order valence-electron chi connectivity index (χ3n) is 3.78. The Morgan fingerprint density at radius 2 is 1.84 bits per heavy atom. The lowest BCUT2D eigenvalue weighted by Crippen LogP contribution is -2.46. The number of hydrogen-bond acceptors (Lipinski definition) is 3. The number of halogens is 1. The van der Waals surface area contributed by atoms with Gasteiger partial charge in [-0.1, -0.05) is 37.8 Å². The standard InChI is InChI=1S/C15H20BrNO2/c1-19-14(18)15(10-6-2-3-7-11-15)17-13-9-5-4-8-12(13)16/h4-5,8-9,17H,2-3,6-7,10-11H2,1H3. The number of hydrogen-bond donors (Lipinski definition) is 1. The molecule has 1 N–H and O–H groups in total. The summed E-state index contributed by atoms with van der Waals surface area (Å²) in [7, 11) is 1.47. The lowest BCUT2D eigenvalue weighted by Gasteiger charge is -2.32. The number of benzene rings is 1. The maximum absolute atomic E-state index is 12.3. The van der Waals surface area contributed by atoms with Crippen LogP contribution in [0.3, 0.4) is 0 Å². The van der Waals surface area contributed by atoms with Crippen molar-refractivity contribution in [3.05, 3.63) is 28.7 Å². The monoisotopic (exact) mass is 325 g/mol. The smallest absolute Gasteiger partial charge is 0.331 e. The first-order chi connectivity index (χ1) is 9.18. The van der Waals surface area contributed by atoms with E-state index in [0.29, 0.717) is 0 Å². The first kappa shape index (κ1) is 14.4. The Labute approximate surface area is 122 Å². The largest absolute Gasteiger partial charge is 0.467 e. The molecule has 1 saturated carbocycles. The molecule has 2 rings (SSSR count). The molecule has 0 unspecified atom stereocenters. The van der Waals surface area contributed by atoms with E-state index in [9.17, 15) is 4.79 Å². The third kappa shape index (κ3) is 3.30. The Bertz CT molecular complexity index is 440. The summed E-state index contributed by atoms with van der Waals surface area (Å²) in [6.07, 6.45) is 6.17. The van der Waals surface area contributed by atoms with Crippen molar-refractivity contribution in [3.63, 3.8) is 0 Å². The zero-order valence-electron chi connectivity index (χ0n) is 11.2. The van der Waals surface area contributed by atoms with Crippen LogP contribution in [0.5, 0.6) is 0 Å². The van der Waals surface area contributed by atoms with Gasteiger partial charge in [0.2, 0.25) is 0 Å². The summed E-state index contributed by atoms with van der Waals surface area (Å²) in [6.45, 7) is 0. The van der Waals surface area contributed by atoms with Crippen LogP contribution in [0.25, 0.3) is 0 Å². The van der Waals surface area contributed by atoms with E-state index < -0.39 is 5.54 Å². The van der Waals surface area contributed by atoms with Gasteiger partial charge in [0, 0.05) is 10.2 Å². The highest BCUT2D eigenvalue weighted by atomic mass is 79.9. The number of nitrogens with one attached hydrogen (secondary N) is 1. The highest BCUT2D eigenvalue weighted by Crippen LogP contribution is 2.34. The summed E-state index contributed by atoms with van der Waals surface area (Å²) in [6, 6.07) is 7.89. The zero-order valence-corrected chi connectivity index (χ0v) is 12.8. The number of methoxy groups -OCH3 is 1. The van der Waals surface area contributed by atoms with E-state index >= 15 is 0 Å². The van der Waals surface area contributed by atoms with Crippen LogP contribution in [0.4, 0.5) is 5.69 Å². The predicted octanol–water partition coefficient (Wildman–Crippen LogP) is 4.13. The van der Waals surface area contributed by atoms with Gasteiger partial charge >= 0.3 is 5.97 Å². The van der Waals surface area contributed by atoms with Crippen molar-refractivity contribution in [3.8, 4) is 0 Å². The van der Waals surface area contributed by atoms with E-state index in [1.54, 1.807) is 0 Å². The van der Waals surface area contributed by atoms with Crippen molar-refractivity contribution in [1.29, 1.82) is 0 Å². The van der Waals surface area contributed by atoms with Crippen molar-refractivity contribution >= 4 is 27.6 Å². The number of para-hydroxylation sites is 1. The summed E-state index contributed by atoms with van der Waals surface area (Å²) >= 11 is 3.52. The van der Waals surface area contributed by atoms with Crippen LogP contribution in [-0.4, -0.2) is 18.6 Å². The van der Waals surface area contributed by atoms with Gasteiger partial charge in [0.15, 0.2) is 0 Å². The van der Waals surface area contributed by atoms with Gasteiger partial charge in [-0.25, -0.2) is 4.79 Å². The van der Waals surface area contributed by atoms with Gasteiger partial charge in [-0.3, -0.25) is 0 Å². The number of esters is 1. The van der Waals surface area contributed by atoms with Gasteiger partial charge in [0.05, 0.1) is 7.11 Å². The molecular formula is C15H20BrNO2. The molecular weight excluding hydrogens is 306 g/mol. The Balaban J connectivity index is 2.27. The molecule has 0 spiro atoms. The Morgan fingerprint density at radius 1 is 1.21 bits per heavy atom. The minimum Gasteiger partial charge on any atom is -0.467 e. The van der Waals surface area contributed by atoms with Crippen molar-refractivity contribution in [2.24, 2.45) is 0 Å². The van der Waals surface area contributed by atoms with Gasteiger partial charge in [-0.2, -0.15) is 0 Å². The van der Waals surface area contributed by atoms with E-state index in [0.717, 1.165) is 35.8 Å². The van der Waals surface area contributed by atoms with Gasteiger partial charge < -0.3 is 10.1 Å². The summed E-state index contributed by atoms with van der Waals surface area (Å²) in [4.78, 5) is 12.3. The molecule has 1 aromatic carbocycles. The quantitative estimate of drug-likeness (QED) is 0.670. The fraction of sp³-hybridized carbons (Fsp3) is 0.533. The molecule has 4 heteroatoms. The lowest BCUT2D eigenvalue weighted by molar-refractivity contribution is -0.146. The minimum atomic E-state index is -0.574. The highest BCUT2D eigenvalue weighted by Gasteiger charge is 2.39. The third-order valence-corrected chi connectivity index (χ3v) is 4.47. The van der Waals surface area contributed by atoms with Gasteiger partial charge in [-0.05, 0) is 40.9 Å². The fourth-order valence-electron chi connectivity index (χ4n) is 2.73. The van der Waals surface area contributed by atoms with Crippen LogP contribution in [0.15, 0.2) is 28.7 Å². The lowest BCUT2D eigenvalue weighted by atomic mass is 9.89. The molecule has 1 fully saturated rings. The van der Waals surface area contributed by atoms with Crippen LogP contribution in [-0.2, 0) is 9.53 Å². The van der Waals surface area contributed by atoms with Gasteiger partial charge in [0.25, 0.3) is 0 Å². The average molecular weight is 326 g/mol. The summed E-state index contributed by atoms with van der Waals surface area (Å²) in [5, 5.41) is 3.43. The molecule has 104 valence electrons. The normalized spacial score (nSPS) is 18.4. The molecule has 0 aromatic heterocycles. The number of ether oxygens (including phenoxy) is 1. The summed E-state index contributed by atoms with van der Waals surface area (Å²) < 4.78 is 6.02. The number of rotatable bonds is 3. The predicted molar refractivity (Wildman–Crippen MR) is 80.2 cm³/mol. The van der Waals surface area contributed by atoms with Gasteiger partial charge in [-0.15, -0.1) is 0 Å². The molecule has 1 aliphatic carbocycles. The number of carbonyl (C=O) groups excluding carboxylic acids is 1. The number of anilines is 1. The first-order valence-electron chi connectivity index (χ1n) is 6.79. The van der Waals surface area contributed by atoms with Crippen molar-refractivity contribution in [2.45, 2.75) is 44.1 Å². The van der Waals surface area contributed by atoms with Crippen LogP contribution in [0, 0.1) is 0 Å². The first-order valence-corrected chi connectivity index (χ1v) is 7.58. The van der Waals surface area contributed by atoms with Crippen LogP contribution in [0.2, 0.25) is 0 Å². The fourth-order valence-corrected chi connectivity index (χ4v) is 3.11. The molecule has 0 aliphatic heterocycles. The number of carbonyl (C=O) groups is 1. The van der Waals surface area contributed by atoms with Crippen LogP contribution >= 0.6 is 15.9 Å². The molecule has 0 atom stereocenters. The molecule has 0 heterocycles. The molecule has 0 radical (unpaired) electrons. The maximum atomic E-state index is 12.3. The van der Waals surface area contributed by atoms with Crippen molar-refractivity contribution < 1.29 is 9.53 Å². The minimum absolute atomic E-state index is 0.148. The molecule has 0 amide bonds. The molecule has 3 nitrogen and oxygen atoms in total. The van der Waals surface area contributed by atoms with E-state index in [1.165, 1.54) is 20.0 Å². The Kier molecular flexibility index (Phi) is 4.86. The second-order valence-electron chi connectivity index (χ2n) is 5.09. The maximum Gasteiger partial charge on any atom is 0.331 e. The van der Waals surface area contributed by atoms with Crippen LogP contribution in [0.1, 0.15) is 38.5 Å². The van der Waals surface area contributed by atoms with Crippen molar-refractivity contribution in [2.75, 3.05) is 12.4 Å². The van der Waals surface area contributed by atoms with E-state index in [2.05, 4.69) is 21.2 Å². The summed E-state index contributed by atoms with van der Waals surface area (Å²) in [5.74, 6) is -0.148. The second kappa shape index (κ2) is 6.42.